The lowest BCUT2D eigenvalue weighted by Crippen LogP contribution is -2.27. The van der Waals surface area contributed by atoms with Gasteiger partial charge in [0.15, 0.2) is 0 Å². The number of thioether (sulfide) groups is 1. The minimum atomic E-state index is -0.368. The highest BCUT2D eigenvalue weighted by atomic mass is 32.2. The fourth-order valence-corrected chi connectivity index (χ4v) is 3.85. The minimum absolute atomic E-state index is 0.106. The van der Waals surface area contributed by atoms with E-state index in [2.05, 4.69) is 0 Å². The third-order valence-electron chi connectivity index (χ3n) is 4.57. The molecule has 0 bridgehead atoms. The normalized spacial score (nSPS) is 15.1. The number of carbonyl (C=O) groups is 2. The maximum Gasteiger partial charge on any atom is 0.293 e. The SMILES string of the molecule is O=C1S/C(=C/c2ccccc2OCc2ccccc2)C(=O)N1Cc1ccc(F)cc1. The summed E-state index contributed by atoms with van der Waals surface area (Å²) in [5.41, 5.74) is 2.44. The largest absolute Gasteiger partial charge is 0.488 e. The Bertz CT molecular complexity index is 1100. The molecule has 1 fully saturated rings. The Labute approximate surface area is 178 Å². The van der Waals surface area contributed by atoms with Gasteiger partial charge in [0.2, 0.25) is 0 Å². The topological polar surface area (TPSA) is 46.6 Å². The number of ether oxygens (including phenoxy) is 1. The zero-order chi connectivity index (χ0) is 20.9. The molecule has 6 heteroatoms. The average Bonchev–Trinajstić information content (AvgIpc) is 3.03. The third-order valence-corrected chi connectivity index (χ3v) is 5.48. The summed E-state index contributed by atoms with van der Waals surface area (Å²) < 4.78 is 19.0. The van der Waals surface area contributed by atoms with Crippen LogP contribution in [-0.4, -0.2) is 16.0 Å². The zero-order valence-corrected chi connectivity index (χ0v) is 16.8. The first-order chi connectivity index (χ1) is 14.6. The van der Waals surface area contributed by atoms with E-state index in [1.165, 1.54) is 12.1 Å². The number of hydrogen-bond acceptors (Lipinski definition) is 4. The van der Waals surface area contributed by atoms with Crippen LogP contribution < -0.4 is 4.74 Å². The van der Waals surface area contributed by atoms with E-state index in [-0.39, 0.29) is 23.5 Å². The molecular formula is C24H18FNO3S. The predicted octanol–water partition coefficient (Wildman–Crippen LogP) is 5.64. The molecule has 30 heavy (non-hydrogen) atoms. The van der Waals surface area contributed by atoms with Crippen LogP contribution >= 0.6 is 11.8 Å². The highest BCUT2D eigenvalue weighted by molar-refractivity contribution is 8.18. The number of amides is 2. The summed E-state index contributed by atoms with van der Waals surface area (Å²) in [7, 11) is 0. The number of halogens is 1. The number of carbonyl (C=O) groups excluding carboxylic acids is 2. The van der Waals surface area contributed by atoms with Gasteiger partial charge in [0, 0.05) is 5.56 Å². The van der Waals surface area contributed by atoms with E-state index in [4.69, 9.17) is 4.74 Å². The van der Waals surface area contributed by atoms with Crippen molar-refractivity contribution in [3.63, 3.8) is 0 Å². The van der Waals surface area contributed by atoms with Gasteiger partial charge >= 0.3 is 0 Å². The Hall–Kier alpha value is -3.38. The van der Waals surface area contributed by atoms with Crippen LogP contribution in [0.5, 0.6) is 5.75 Å². The Morgan fingerprint density at radius 1 is 0.867 bits per heavy atom. The Balaban J connectivity index is 1.51. The van der Waals surface area contributed by atoms with Gasteiger partial charge in [0.1, 0.15) is 18.2 Å². The molecule has 4 nitrogen and oxygen atoms in total. The van der Waals surface area contributed by atoms with Gasteiger partial charge in [-0.05, 0) is 47.2 Å². The molecule has 4 rings (SSSR count). The summed E-state index contributed by atoms with van der Waals surface area (Å²) in [5.74, 6) is -0.0984. The number of hydrogen-bond donors (Lipinski definition) is 0. The molecule has 3 aromatic rings. The van der Waals surface area contributed by atoms with E-state index in [9.17, 15) is 14.0 Å². The quantitative estimate of drug-likeness (QED) is 0.485. The summed E-state index contributed by atoms with van der Waals surface area (Å²) in [6.07, 6.45) is 1.68. The molecule has 0 aromatic heterocycles. The zero-order valence-electron chi connectivity index (χ0n) is 16.0. The standard InChI is InChI=1S/C24H18FNO3S/c25-20-12-10-17(11-13-20)15-26-23(27)22(30-24(26)28)14-19-8-4-5-9-21(19)29-16-18-6-2-1-3-7-18/h1-14H,15-16H2/b22-14+. The van der Waals surface area contributed by atoms with E-state index in [1.54, 1.807) is 18.2 Å². The van der Waals surface area contributed by atoms with Crippen LogP contribution in [0, 0.1) is 5.82 Å². The number of nitrogens with zero attached hydrogens (tertiary/aromatic N) is 1. The Morgan fingerprint density at radius 2 is 1.57 bits per heavy atom. The lowest BCUT2D eigenvalue weighted by Gasteiger charge is -2.12. The van der Waals surface area contributed by atoms with Crippen molar-refractivity contribution in [1.82, 2.24) is 4.90 Å². The van der Waals surface area contributed by atoms with E-state index in [0.717, 1.165) is 27.8 Å². The van der Waals surface area contributed by atoms with Gasteiger partial charge in [-0.2, -0.15) is 0 Å². The summed E-state index contributed by atoms with van der Waals surface area (Å²) in [5, 5.41) is -0.349. The predicted molar refractivity (Wildman–Crippen MR) is 115 cm³/mol. The molecule has 0 saturated carbocycles. The Morgan fingerprint density at radius 3 is 2.33 bits per heavy atom. The molecule has 2 amide bonds. The number of imide groups is 1. The molecule has 0 atom stereocenters. The van der Waals surface area contributed by atoms with Crippen molar-refractivity contribution in [3.05, 3.63) is 106 Å². The number of rotatable bonds is 6. The first kappa shape index (κ1) is 19.9. The van der Waals surface area contributed by atoms with Crippen LogP contribution in [0.1, 0.15) is 16.7 Å². The maximum atomic E-state index is 13.1. The van der Waals surface area contributed by atoms with Crippen molar-refractivity contribution < 1.29 is 18.7 Å². The molecule has 1 aliphatic rings. The van der Waals surface area contributed by atoms with Gasteiger partial charge in [-0.3, -0.25) is 14.5 Å². The monoisotopic (exact) mass is 419 g/mol. The van der Waals surface area contributed by atoms with Crippen LogP contribution in [-0.2, 0) is 17.9 Å². The average molecular weight is 419 g/mol. The fourth-order valence-electron chi connectivity index (χ4n) is 3.02. The number of benzene rings is 3. The summed E-state index contributed by atoms with van der Waals surface area (Å²) >= 11 is 0.891. The first-order valence-corrected chi connectivity index (χ1v) is 10.2. The summed E-state index contributed by atoms with van der Waals surface area (Å²) in [4.78, 5) is 26.7. The molecule has 1 aliphatic heterocycles. The molecule has 150 valence electrons. The van der Waals surface area contributed by atoms with Crippen molar-refractivity contribution >= 4 is 29.0 Å². The highest BCUT2D eigenvalue weighted by Gasteiger charge is 2.35. The van der Waals surface area contributed by atoms with Gasteiger partial charge in [-0.15, -0.1) is 0 Å². The Kier molecular flexibility index (Phi) is 5.95. The maximum absolute atomic E-state index is 13.1. The highest BCUT2D eigenvalue weighted by Crippen LogP contribution is 2.35. The van der Waals surface area contributed by atoms with E-state index in [1.807, 2.05) is 54.6 Å². The van der Waals surface area contributed by atoms with Crippen LogP contribution in [0.25, 0.3) is 6.08 Å². The summed E-state index contributed by atoms with van der Waals surface area (Å²) in [6, 6.07) is 22.9. The van der Waals surface area contributed by atoms with Gasteiger partial charge in [0.25, 0.3) is 11.1 Å². The van der Waals surface area contributed by atoms with Gasteiger partial charge in [0.05, 0.1) is 11.4 Å². The number of para-hydroxylation sites is 1. The fraction of sp³-hybridized carbons (Fsp3) is 0.0833. The lowest BCUT2D eigenvalue weighted by molar-refractivity contribution is -0.123. The van der Waals surface area contributed by atoms with Crippen LogP contribution in [0.15, 0.2) is 83.8 Å². The van der Waals surface area contributed by atoms with Crippen LogP contribution in [0.2, 0.25) is 0 Å². The molecule has 0 spiro atoms. The molecule has 0 N–H and O–H groups in total. The molecule has 0 radical (unpaired) electrons. The van der Waals surface area contributed by atoms with E-state index < -0.39 is 0 Å². The summed E-state index contributed by atoms with van der Waals surface area (Å²) in [6.45, 7) is 0.506. The van der Waals surface area contributed by atoms with Crippen molar-refractivity contribution in [2.24, 2.45) is 0 Å². The first-order valence-electron chi connectivity index (χ1n) is 9.36. The minimum Gasteiger partial charge on any atom is -0.488 e. The molecule has 1 heterocycles. The third kappa shape index (κ3) is 4.60. The van der Waals surface area contributed by atoms with E-state index in [0.29, 0.717) is 22.8 Å². The molecule has 3 aromatic carbocycles. The second kappa shape index (κ2) is 8.97. The van der Waals surface area contributed by atoms with E-state index >= 15 is 0 Å². The molecule has 0 unspecified atom stereocenters. The molecule has 0 aliphatic carbocycles. The van der Waals surface area contributed by atoms with Crippen LogP contribution in [0.4, 0.5) is 9.18 Å². The van der Waals surface area contributed by atoms with Crippen molar-refractivity contribution in [2.45, 2.75) is 13.2 Å². The lowest BCUT2D eigenvalue weighted by atomic mass is 10.1. The van der Waals surface area contributed by atoms with Crippen LogP contribution in [0.3, 0.4) is 0 Å². The second-order valence-corrected chi connectivity index (χ2v) is 7.70. The van der Waals surface area contributed by atoms with Crippen molar-refractivity contribution in [1.29, 1.82) is 0 Å². The molecule has 1 saturated heterocycles. The molecular weight excluding hydrogens is 401 g/mol. The van der Waals surface area contributed by atoms with Gasteiger partial charge in [-0.25, -0.2) is 4.39 Å². The smallest absolute Gasteiger partial charge is 0.293 e. The van der Waals surface area contributed by atoms with Gasteiger partial charge in [-0.1, -0.05) is 60.7 Å². The second-order valence-electron chi connectivity index (χ2n) is 6.71. The van der Waals surface area contributed by atoms with Crippen molar-refractivity contribution in [3.8, 4) is 5.75 Å². The van der Waals surface area contributed by atoms with Crippen molar-refractivity contribution in [2.75, 3.05) is 0 Å². The van der Waals surface area contributed by atoms with Gasteiger partial charge < -0.3 is 4.74 Å².